The number of carbonyl (C=O) groups excluding carboxylic acids is 2. The first kappa shape index (κ1) is 18.3. The lowest BCUT2D eigenvalue weighted by Gasteiger charge is -2.30. The Morgan fingerprint density at radius 2 is 1.75 bits per heavy atom. The number of nitrogens with zero attached hydrogens (tertiary/aromatic N) is 1. The average molecular weight is 332 g/mol. The van der Waals surface area contributed by atoms with E-state index in [1.54, 1.807) is 38.3 Å². The van der Waals surface area contributed by atoms with Crippen molar-refractivity contribution in [1.82, 2.24) is 10.2 Å². The molecule has 1 aliphatic rings. The maximum atomic E-state index is 12.2. The molecule has 24 heavy (non-hydrogen) atoms. The van der Waals surface area contributed by atoms with Gasteiger partial charge in [0.1, 0.15) is 5.75 Å². The summed E-state index contributed by atoms with van der Waals surface area (Å²) in [6, 6.07) is 7.33. The monoisotopic (exact) mass is 332 g/mol. The molecule has 5 heteroatoms. The maximum absolute atomic E-state index is 12.2. The summed E-state index contributed by atoms with van der Waals surface area (Å²) < 4.78 is 5.09. The van der Waals surface area contributed by atoms with E-state index in [2.05, 4.69) is 5.32 Å². The Morgan fingerprint density at radius 1 is 1.12 bits per heavy atom. The number of methoxy groups -OCH3 is 1. The molecule has 2 rings (SSSR count). The summed E-state index contributed by atoms with van der Waals surface area (Å²) in [4.78, 5) is 26.1. The molecule has 0 saturated heterocycles. The van der Waals surface area contributed by atoms with Crippen LogP contribution in [-0.4, -0.2) is 43.0 Å². The number of benzene rings is 1. The lowest BCUT2D eigenvalue weighted by atomic mass is 10.1. The van der Waals surface area contributed by atoms with Gasteiger partial charge in [0.05, 0.1) is 7.11 Å². The van der Waals surface area contributed by atoms with Gasteiger partial charge in [-0.1, -0.05) is 25.7 Å². The molecule has 1 fully saturated rings. The highest BCUT2D eigenvalue weighted by Gasteiger charge is 2.22. The summed E-state index contributed by atoms with van der Waals surface area (Å²) in [7, 11) is 1.60. The average Bonchev–Trinajstić information content (AvgIpc) is 2.87. The molecule has 2 amide bonds. The van der Waals surface area contributed by atoms with Crippen LogP contribution >= 0.6 is 0 Å². The molecule has 0 atom stereocenters. The third-order valence-corrected chi connectivity index (χ3v) is 4.66. The molecule has 0 unspecified atom stereocenters. The van der Waals surface area contributed by atoms with E-state index in [9.17, 15) is 9.59 Å². The molecule has 1 aromatic rings. The van der Waals surface area contributed by atoms with Crippen molar-refractivity contribution in [2.24, 2.45) is 0 Å². The van der Waals surface area contributed by atoms with E-state index in [1.807, 2.05) is 4.90 Å². The van der Waals surface area contributed by atoms with Crippen molar-refractivity contribution in [3.63, 3.8) is 0 Å². The molecule has 0 heterocycles. The van der Waals surface area contributed by atoms with Gasteiger partial charge in [0, 0.05) is 31.6 Å². The Hall–Kier alpha value is -2.04. The van der Waals surface area contributed by atoms with Crippen LogP contribution in [0.4, 0.5) is 0 Å². The maximum Gasteiger partial charge on any atom is 0.251 e. The van der Waals surface area contributed by atoms with Crippen LogP contribution in [-0.2, 0) is 4.79 Å². The lowest BCUT2D eigenvalue weighted by Crippen LogP contribution is -2.43. The normalized spacial score (nSPS) is 15.4. The van der Waals surface area contributed by atoms with Crippen LogP contribution in [0.3, 0.4) is 0 Å². The molecule has 1 saturated carbocycles. The molecule has 0 aromatic heterocycles. The minimum atomic E-state index is -0.123. The van der Waals surface area contributed by atoms with E-state index >= 15 is 0 Å². The van der Waals surface area contributed by atoms with Gasteiger partial charge in [-0.05, 0) is 37.1 Å². The van der Waals surface area contributed by atoms with Gasteiger partial charge in [-0.25, -0.2) is 0 Å². The standard InChI is InChI=1S/C19H28N2O3/c1-15(22)21(17-7-5-3-4-6-8-17)14-13-20-19(23)16-9-11-18(24-2)12-10-16/h9-12,17H,3-8,13-14H2,1-2H3,(H,20,23). The zero-order chi connectivity index (χ0) is 17.4. The molecule has 0 spiro atoms. The van der Waals surface area contributed by atoms with Gasteiger partial charge in [0.15, 0.2) is 0 Å². The second kappa shape index (κ2) is 9.30. The van der Waals surface area contributed by atoms with Crippen LogP contribution in [0.5, 0.6) is 5.75 Å². The Labute approximate surface area is 144 Å². The second-order valence-electron chi connectivity index (χ2n) is 6.34. The topological polar surface area (TPSA) is 58.6 Å². The van der Waals surface area contributed by atoms with Gasteiger partial charge in [0.2, 0.25) is 5.91 Å². The quantitative estimate of drug-likeness (QED) is 0.815. The number of hydrogen-bond acceptors (Lipinski definition) is 3. The Bertz CT molecular complexity index is 534. The van der Waals surface area contributed by atoms with Gasteiger partial charge < -0.3 is 15.0 Å². The molecule has 1 aromatic carbocycles. The number of hydrogen-bond donors (Lipinski definition) is 1. The highest BCUT2D eigenvalue weighted by atomic mass is 16.5. The smallest absolute Gasteiger partial charge is 0.251 e. The number of nitrogens with one attached hydrogen (secondary N) is 1. The largest absolute Gasteiger partial charge is 0.497 e. The summed E-state index contributed by atoms with van der Waals surface area (Å²) in [6.07, 6.45) is 7.05. The lowest BCUT2D eigenvalue weighted by molar-refractivity contribution is -0.131. The van der Waals surface area contributed by atoms with Crippen molar-refractivity contribution in [1.29, 1.82) is 0 Å². The van der Waals surface area contributed by atoms with Crippen LogP contribution in [0.1, 0.15) is 55.8 Å². The zero-order valence-electron chi connectivity index (χ0n) is 14.7. The highest BCUT2D eigenvalue weighted by Crippen LogP contribution is 2.21. The van der Waals surface area contributed by atoms with Crippen LogP contribution in [0.2, 0.25) is 0 Å². The second-order valence-corrected chi connectivity index (χ2v) is 6.34. The van der Waals surface area contributed by atoms with Crippen LogP contribution in [0.25, 0.3) is 0 Å². The fourth-order valence-electron chi connectivity index (χ4n) is 3.30. The fourth-order valence-corrected chi connectivity index (χ4v) is 3.30. The third-order valence-electron chi connectivity index (χ3n) is 4.66. The highest BCUT2D eigenvalue weighted by molar-refractivity contribution is 5.94. The predicted molar refractivity (Wildman–Crippen MR) is 94.2 cm³/mol. The summed E-state index contributed by atoms with van der Waals surface area (Å²) >= 11 is 0. The van der Waals surface area contributed by atoms with Crippen molar-refractivity contribution in [3.8, 4) is 5.75 Å². The van der Waals surface area contributed by atoms with E-state index < -0.39 is 0 Å². The van der Waals surface area contributed by atoms with Gasteiger partial charge in [-0.3, -0.25) is 9.59 Å². The van der Waals surface area contributed by atoms with E-state index in [4.69, 9.17) is 4.74 Å². The molecule has 0 aliphatic heterocycles. The van der Waals surface area contributed by atoms with E-state index in [0.29, 0.717) is 24.7 Å². The van der Waals surface area contributed by atoms with E-state index in [-0.39, 0.29) is 11.8 Å². The van der Waals surface area contributed by atoms with Crippen LogP contribution in [0.15, 0.2) is 24.3 Å². The fraction of sp³-hybridized carbons (Fsp3) is 0.579. The number of carbonyl (C=O) groups is 2. The third kappa shape index (κ3) is 5.25. The molecular formula is C19H28N2O3. The summed E-state index contributed by atoms with van der Waals surface area (Å²) in [5.74, 6) is 0.699. The molecular weight excluding hydrogens is 304 g/mol. The minimum Gasteiger partial charge on any atom is -0.497 e. The van der Waals surface area contributed by atoms with Gasteiger partial charge >= 0.3 is 0 Å². The number of rotatable bonds is 6. The zero-order valence-corrected chi connectivity index (χ0v) is 14.7. The van der Waals surface area contributed by atoms with Crippen molar-refractivity contribution in [2.75, 3.05) is 20.2 Å². The molecule has 1 aliphatic carbocycles. The predicted octanol–water partition coefficient (Wildman–Crippen LogP) is 3.00. The first-order valence-corrected chi connectivity index (χ1v) is 8.81. The molecule has 0 bridgehead atoms. The summed E-state index contributed by atoms with van der Waals surface area (Å²) in [6.45, 7) is 2.67. The Morgan fingerprint density at radius 3 is 2.29 bits per heavy atom. The van der Waals surface area contributed by atoms with Gasteiger partial charge in [0.25, 0.3) is 5.91 Å². The molecule has 1 N–H and O–H groups in total. The summed E-state index contributed by atoms with van der Waals surface area (Å²) in [5.41, 5.74) is 0.597. The first-order chi connectivity index (χ1) is 11.6. The SMILES string of the molecule is COc1ccc(C(=O)NCCN(C(C)=O)C2CCCCCC2)cc1. The van der Waals surface area contributed by atoms with Crippen molar-refractivity contribution in [2.45, 2.75) is 51.5 Å². The molecule has 0 radical (unpaired) electrons. The Balaban J connectivity index is 1.85. The summed E-state index contributed by atoms with van der Waals surface area (Å²) in [5, 5.41) is 2.90. The minimum absolute atomic E-state index is 0.0978. The molecule has 5 nitrogen and oxygen atoms in total. The number of ether oxygens (including phenoxy) is 1. The van der Waals surface area contributed by atoms with Crippen molar-refractivity contribution < 1.29 is 14.3 Å². The number of amides is 2. The van der Waals surface area contributed by atoms with Crippen molar-refractivity contribution in [3.05, 3.63) is 29.8 Å². The van der Waals surface area contributed by atoms with Crippen LogP contribution in [0, 0.1) is 0 Å². The van der Waals surface area contributed by atoms with E-state index in [1.165, 1.54) is 25.7 Å². The van der Waals surface area contributed by atoms with E-state index in [0.717, 1.165) is 18.6 Å². The Kier molecular flexibility index (Phi) is 7.09. The van der Waals surface area contributed by atoms with Crippen LogP contribution < -0.4 is 10.1 Å². The first-order valence-electron chi connectivity index (χ1n) is 8.81. The van der Waals surface area contributed by atoms with Gasteiger partial charge in [-0.15, -0.1) is 0 Å². The van der Waals surface area contributed by atoms with Gasteiger partial charge in [-0.2, -0.15) is 0 Å². The molecule has 132 valence electrons. The van der Waals surface area contributed by atoms with Crippen molar-refractivity contribution >= 4 is 11.8 Å².